The number of rotatable bonds is 14. The van der Waals surface area contributed by atoms with Crippen LogP contribution in [0.5, 0.6) is 0 Å². The summed E-state index contributed by atoms with van der Waals surface area (Å²) < 4.78 is 11.8. The lowest BCUT2D eigenvalue weighted by atomic mass is 9.94. The standard InChI is InChI=1S/C42H51N7O6S2/c1-8-25(4)29(19-43-26(5)33-11-9-18-49(33)40(51)36(24(2)3)47-42(53)55-7)31-23-57-37-30(22-56-38(31)37)27-13-15-28(16-14-27)32-20-44-39(46-32)34-12-10-17-48(34)35(50)21-45-41(52)54-6/h10,12-16,19-20,22-25,33-34,36,43H,5,8-9,11,17-18,21H2,1-4,6-7H3,(H,44,46)(H,45,52)(H,47,53)/b29-19+. The molecule has 2 aliphatic heterocycles. The Morgan fingerprint density at radius 1 is 1.02 bits per heavy atom. The predicted octanol–water partition coefficient (Wildman–Crippen LogP) is 7.68. The molecule has 1 fully saturated rings. The summed E-state index contributed by atoms with van der Waals surface area (Å²) in [5, 5.41) is 13.1. The number of hydrogen-bond acceptors (Lipinski definition) is 10. The van der Waals surface area contributed by atoms with Gasteiger partial charge in [-0.15, -0.1) is 22.7 Å². The molecular weight excluding hydrogens is 763 g/mol. The summed E-state index contributed by atoms with van der Waals surface area (Å²) in [6.45, 7) is 13.5. The van der Waals surface area contributed by atoms with Gasteiger partial charge >= 0.3 is 12.2 Å². The van der Waals surface area contributed by atoms with Crippen molar-refractivity contribution >= 4 is 61.6 Å². The zero-order valence-electron chi connectivity index (χ0n) is 33.2. The van der Waals surface area contributed by atoms with E-state index in [1.807, 2.05) is 30.9 Å². The first kappa shape index (κ1) is 41.2. The number of carbonyl (C=O) groups is 4. The number of likely N-dealkylation sites (tertiary alicyclic amines) is 1. The minimum absolute atomic E-state index is 0.105. The van der Waals surface area contributed by atoms with Gasteiger partial charge in [-0.2, -0.15) is 0 Å². The van der Waals surface area contributed by atoms with Crippen LogP contribution in [-0.4, -0.2) is 89.7 Å². The number of ether oxygens (including phenoxy) is 2. The molecule has 0 bridgehead atoms. The lowest BCUT2D eigenvalue weighted by molar-refractivity contribution is -0.134. The van der Waals surface area contributed by atoms with Crippen LogP contribution in [0.25, 0.3) is 37.4 Å². The van der Waals surface area contributed by atoms with Gasteiger partial charge in [0.05, 0.1) is 41.6 Å². The first-order valence-corrected chi connectivity index (χ1v) is 20.9. The molecule has 0 radical (unpaired) electrons. The fraction of sp³-hybridized carbons (Fsp3) is 0.405. The summed E-state index contributed by atoms with van der Waals surface area (Å²) in [6, 6.07) is 7.15. The highest BCUT2D eigenvalue weighted by Crippen LogP contribution is 2.44. The van der Waals surface area contributed by atoms with Crippen molar-refractivity contribution in [2.24, 2.45) is 11.8 Å². The van der Waals surface area contributed by atoms with Gasteiger partial charge in [0.15, 0.2) is 0 Å². The fourth-order valence-corrected chi connectivity index (χ4v) is 9.72. The number of nitrogens with zero attached hydrogens (tertiary/aromatic N) is 3. The highest BCUT2D eigenvalue weighted by molar-refractivity contribution is 7.27. The molecule has 2 aliphatic rings. The molecule has 0 spiro atoms. The van der Waals surface area contributed by atoms with Crippen LogP contribution in [0.2, 0.25) is 0 Å². The third-order valence-corrected chi connectivity index (χ3v) is 12.9. The van der Waals surface area contributed by atoms with E-state index in [2.05, 4.69) is 92.3 Å². The fourth-order valence-electron chi connectivity index (χ4n) is 7.26. The third-order valence-electron chi connectivity index (χ3n) is 10.7. The number of carbonyl (C=O) groups excluding carboxylic acids is 4. The van der Waals surface area contributed by atoms with Crippen molar-refractivity contribution < 1.29 is 28.7 Å². The number of aromatic amines is 1. The summed E-state index contributed by atoms with van der Waals surface area (Å²) in [4.78, 5) is 61.4. The topological polar surface area (TPSA) is 158 Å². The molecule has 4 unspecified atom stereocenters. The van der Waals surface area contributed by atoms with Crippen LogP contribution in [0.15, 0.2) is 71.9 Å². The minimum Gasteiger partial charge on any atom is -0.453 e. The van der Waals surface area contributed by atoms with E-state index in [9.17, 15) is 19.2 Å². The highest BCUT2D eigenvalue weighted by Gasteiger charge is 2.37. The van der Waals surface area contributed by atoms with Gasteiger partial charge in [0, 0.05) is 46.9 Å². The van der Waals surface area contributed by atoms with Gasteiger partial charge in [-0.3, -0.25) is 9.59 Å². The maximum Gasteiger partial charge on any atom is 0.407 e. The van der Waals surface area contributed by atoms with Crippen molar-refractivity contribution in [2.75, 3.05) is 33.9 Å². The second-order valence-electron chi connectivity index (χ2n) is 14.6. The zero-order valence-corrected chi connectivity index (χ0v) is 34.9. The Bertz CT molecular complexity index is 2170. The molecule has 4 amide bonds. The van der Waals surface area contributed by atoms with Crippen LogP contribution in [0, 0.1) is 11.8 Å². The molecule has 1 aromatic carbocycles. The normalized spacial score (nSPS) is 17.8. The van der Waals surface area contributed by atoms with Crippen LogP contribution in [0.4, 0.5) is 9.59 Å². The van der Waals surface area contributed by atoms with Gasteiger partial charge in [-0.05, 0) is 47.8 Å². The number of H-pyrrole nitrogens is 1. The van der Waals surface area contributed by atoms with Gasteiger partial charge in [0.1, 0.15) is 24.5 Å². The molecule has 4 atom stereocenters. The van der Waals surface area contributed by atoms with Crippen molar-refractivity contribution in [1.29, 1.82) is 0 Å². The number of allylic oxidation sites excluding steroid dienone is 1. The number of amides is 4. The number of aromatic nitrogens is 2. The van der Waals surface area contributed by atoms with Crippen molar-refractivity contribution in [3.63, 3.8) is 0 Å². The highest BCUT2D eigenvalue weighted by atomic mass is 32.1. The summed E-state index contributed by atoms with van der Waals surface area (Å²) in [5.41, 5.74) is 7.23. The molecule has 4 N–H and O–H groups in total. The van der Waals surface area contributed by atoms with Gasteiger partial charge in [-0.1, -0.05) is 70.7 Å². The Balaban J connectivity index is 1.16. The number of methoxy groups -OCH3 is 2. The summed E-state index contributed by atoms with van der Waals surface area (Å²) in [7, 11) is 2.55. The van der Waals surface area contributed by atoms with Gasteiger partial charge in [0.2, 0.25) is 11.8 Å². The number of imidazole rings is 1. The average molecular weight is 814 g/mol. The van der Waals surface area contributed by atoms with Crippen molar-refractivity contribution in [3.8, 4) is 22.4 Å². The molecular formula is C42H51N7O6S2. The van der Waals surface area contributed by atoms with E-state index in [0.717, 1.165) is 41.8 Å². The number of nitrogens with one attached hydrogen (secondary N) is 4. The van der Waals surface area contributed by atoms with Crippen molar-refractivity contribution in [2.45, 2.75) is 65.1 Å². The molecule has 1 saturated heterocycles. The third kappa shape index (κ3) is 8.94. The smallest absolute Gasteiger partial charge is 0.407 e. The Morgan fingerprint density at radius 2 is 1.74 bits per heavy atom. The van der Waals surface area contributed by atoms with E-state index in [-0.39, 0.29) is 42.3 Å². The molecule has 6 rings (SSSR count). The molecule has 0 aliphatic carbocycles. The summed E-state index contributed by atoms with van der Waals surface area (Å²) in [6.07, 6.45) is 9.00. The molecule has 5 heterocycles. The Morgan fingerprint density at radius 3 is 2.44 bits per heavy atom. The Hall–Kier alpha value is -5.41. The minimum atomic E-state index is -0.687. The lowest BCUT2D eigenvalue weighted by Crippen LogP contribution is -2.53. The van der Waals surface area contributed by atoms with Crippen molar-refractivity contribution in [1.82, 2.24) is 35.7 Å². The van der Waals surface area contributed by atoms with E-state index in [1.54, 1.807) is 33.8 Å². The number of alkyl carbamates (subject to hydrolysis) is 2. The number of thiophene rings is 2. The first-order valence-electron chi connectivity index (χ1n) is 19.2. The molecule has 13 nitrogen and oxygen atoms in total. The Labute approximate surface area is 341 Å². The molecule has 3 aromatic heterocycles. The quantitative estimate of drug-likeness (QED) is 0.0945. The zero-order chi connectivity index (χ0) is 40.8. The predicted molar refractivity (Wildman–Crippen MR) is 225 cm³/mol. The number of fused-ring (bicyclic) bond motifs is 1. The maximum atomic E-state index is 13.7. The van der Waals surface area contributed by atoms with E-state index in [0.29, 0.717) is 18.9 Å². The molecule has 4 aromatic rings. The SMILES string of the molecule is C=C(N/C=C(/c1csc2c(-c3ccc(-c4cnc(C5C=CCN5C(=O)CNC(=O)OC)[nH]4)cc3)csc12)C(C)CC)C1CCCN1C(=O)C(NC(=O)OC)C(C)C. The van der Waals surface area contributed by atoms with Crippen LogP contribution in [0.3, 0.4) is 0 Å². The maximum absolute atomic E-state index is 13.7. The van der Waals surface area contributed by atoms with E-state index >= 15 is 0 Å². The molecule has 57 heavy (non-hydrogen) atoms. The molecule has 302 valence electrons. The summed E-state index contributed by atoms with van der Waals surface area (Å²) in [5.74, 6) is 0.441. The van der Waals surface area contributed by atoms with Gasteiger partial charge < -0.3 is 40.2 Å². The molecule has 15 heteroatoms. The van der Waals surface area contributed by atoms with Crippen LogP contribution >= 0.6 is 22.7 Å². The van der Waals surface area contributed by atoms with Crippen LogP contribution in [-0.2, 0) is 19.1 Å². The van der Waals surface area contributed by atoms with Crippen LogP contribution in [0.1, 0.15) is 64.4 Å². The number of benzene rings is 1. The second-order valence-corrected chi connectivity index (χ2v) is 16.4. The van der Waals surface area contributed by atoms with Crippen molar-refractivity contribution in [3.05, 3.63) is 83.2 Å². The van der Waals surface area contributed by atoms with Crippen LogP contribution < -0.4 is 16.0 Å². The second kappa shape index (κ2) is 18.2. The summed E-state index contributed by atoms with van der Waals surface area (Å²) >= 11 is 3.48. The number of hydrogen-bond donors (Lipinski definition) is 4. The Kier molecular flexibility index (Phi) is 13.2. The van der Waals surface area contributed by atoms with Gasteiger partial charge in [-0.25, -0.2) is 14.6 Å². The van der Waals surface area contributed by atoms with E-state index in [1.165, 1.54) is 40.3 Å². The largest absolute Gasteiger partial charge is 0.453 e. The van der Waals surface area contributed by atoms with E-state index < -0.39 is 18.2 Å². The average Bonchev–Trinajstić information content (AvgIpc) is 4.07. The first-order chi connectivity index (χ1) is 27.4. The van der Waals surface area contributed by atoms with Gasteiger partial charge in [0.25, 0.3) is 0 Å². The van der Waals surface area contributed by atoms with E-state index in [4.69, 9.17) is 4.74 Å². The lowest BCUT2D eigenvalue weighted by Gasteiger charge is -2.31. The monoisotopic (exact) mass is 813 g/mol. The molecule has 0 saturated carbocycles.